The molecule has 1 amide bonds. The lowest BCUT2D eigenvalue weighted by Crippen LogP contribution is -2.25. The van der Waals surface area contributed by atoms with E-state index >= 15 is 0 Å². The molecular formula is C18H16ClN3O2S. The lowest BCUT2D eigenvalue weighted by atomic mass is 10.1. The van der Waals surface area contributed by atoms with Crippen molar-refractivity contribution in [3.63, 3.8) is 0 Å². The molecule has 0 saturated carbocycles. The number of nitrogens with one attached hydrogen (secondary N) is 1. The molecule has 1 fully saturated rings. The molecule has 1 aliphatic heterocycles. The number of carbonyl (C=O) groups excluding carboxylic acids is 1. The van der Waals surface area contributed by atoms with Gasteiger partial charge in [-0.3, -0.25) is 4.79 Å². The molecule has 1 N–H and O–H groups in total. The predicted octanol–water partition coefficient (Wildman–Crippen LogP) is 3.51. The molecule has 3 rings (SSSR count). The van der Waals surface area contributed by atoms with Crippen molar-refractivity contribution in [2.75, 3.05) is 7.11 Å². The molecule has 0 aliphatic carbocycles. The van der Waals surface area contributed by atoms with Crippen molar-refractivity contribution in [2.24, 2.45) is 10.2 Å². The van der Waals surface area contributed by atoms with Gasteiger partial charge < -0.3 is 10.1 Å². The van der Waals surface area contributed by atoms with Crippen LogP contribution in [0.3, 0.4) is 0 Å². The Morgan fingerprint density at radius 2 is 2.00 bits per heavy atom. The van der Waals surface area contributed by atoms with Crippen LogP contribution in [-0.2, 0) is 11.2 Å². The van der Waals surface area contributed by atoms with Crippen LogP contribution in [0.15, 0.2) is 58.7 Å². The van der Waals surface area contributed by atoms with Gasteiger partial charge in [-0.25, -0.2) is 0 Å². The zero-order chi connectivity index (χ0) is 17.6. The molecule has 1 saturated heterocycles. The van der Waals surface area contributed by atoms with Crippen LogP contribution in [0, 0.1) is 0 Å². The number of thioether (sulfide) groups is 1. The minimum atomic E-state index is -0.220. The Labute approximate surface area is 155 Å². The summed E-state index contributed by atoms with van der Waals surface area (Å²) in [5.41, 5.74) is 1.84. The average Bonchev–Trinajstić information content (AvgIpc) is 2.97. The largest absolute Gasteiger partial charge is 0.497 e. The van der Waals surface area contributed by atoms with Crippen molar-refractivity contribution >= 4 is 40.7 Å². The quantitative estimate of drug-likeness (QED) is 0.644. The van der Waals surface area contributed by atoms with E-state index in [-0.39, 0.29) is 11.2 Å². The third kappa shape index (κ3) is 4.61. The summed E-state index contributed by atoms with van der Waals surface area (Å²) in [5, 5.41) is 11.7. The number of nitrogens with zero attached hydrogens (tertiary/aromatic N) is 2. The van der Waals surface area contributed by atoms with E-state index in [2.05, 4.69) is 15.5 Å². The third-order valence-corrected chi connectivity index (χ3v) is 5.02. The second-order valence-corrected chi connectivity index (χ2v) is 6.92. The summed E-state index contributed by atoms with van der Waals surface area (Å²) in [6.07, 6.45) is 2.19. The molecule has 1 heterocycles. The molecular weight excluding hydrogens is 358 g/mol. The number of halogens is 1. The third-order valence-electron chi connectivity index (χ3n) is 3.61. The summed E-state index contributed by atoms with van der Waals surface area (Å²) in [7, 11) is 1.63. The molecule has 25 heavy (non-hydrogen) atoms. The van der Waals surface area contributed by atoms with E-state index in [1.807, 2.05) is 42.5 Å². The van der Waals surface area contributed by atoms with Crippen molar-refractivity contribution in [3.05, 3.63) is 64.7 Å². The first-order chi connectivity index (χ1) is 12.2. The van der Waals surface area contributed by atoms with E-state index in [1.54, 1.807) is 19.4 Å². The molecule has 2 aromatic carbocycles. The van der Waals surface area contributed by atoms with Gasteiger partial charge in [0.15, 0.2) is 5.17 Å². The molecule has 5 nitrogen and oxygen atoms in total. The summed E-state index contributed by atoms with van der Waals surface area (Å²) < 4.78 is 5.14. The molecule has 7 heteroatoms. The molecule has 0 bridgehead atoms. The van der Waals surface area contributed by atoms with Crippen molar-refractivity contribution in [2.45, 2.75) is 11.7 Å². The van der Waals surface area contributed by atoms with Crippen molar-refractivity contribution in [1.82, 2.24) is 5.32 Å². The number of hydrogen-bond acceptors (Lipinski definition) is 5. The smallest absolute Gasteiger partial charge is 0.239 e. The molecule has 0 spiro atoms. The molecule has 1 aliphatic rings. The van der Waals surface area contributed by atoms with Gasteiger partial charge in [-0.2, -0.15) is 5.10 Å². The Bertz CT molecular complexity index is 821. The zero-order valence-electron chi connectivity index (χ0n) is 13.5. The van der Waals surface area contributed by atoms with Crippen molar-refractivity contribution < 1.29 is 9.53 Å². The topological polar surface area (TPSA) is 63.1 Å². The van der Waals surface area contributed by atoms with Gasteiger partial charge >= 0.3 is 0 Å². The second kappa shape index (κ2) is 8.18. The highest BCUT2D eigenvalue weighted by Crippen LogP contribution is 2.24. The standard InChI is InChI=1S/C18H16ClN3O2S/c1-24-14-8-6-12(7-9-14)10-16-17(23)21-18(25-16)22-20-11-13-4-2-3-5-15(13)19/h2-9,11,16H,10H2,1H3,(H,21,22,23). The molecule has 2 aromatic rings. The van der Waals surface area contributed by atoms with Crippen LogP contribution in [-0.4, -0.2) is 29.6 Å². The lowest BCUT2D eigenvalue weighted by Gasteiger charge is -2.06. The Balaban J connectivity index is 1.62. The average molecular weight is 374 g/mol. The van der Waals surface area contributed by atoms with Crippen LogP contribution in [0.2, 0.25) is 5.02 Å². The van der Waals surface area contributed by atoms with Gasteiger partial charge in [0.2, 0.25) is 5.91 Å². The highest BCUT2D eigenvalue weighted by atomic mass is 35.5. The van der Waals surface area contributed by atoms with Crippen LogP contribution in [0.1, 0.15) is 11.1 Å². The van der Waals surface area contributed by atoms with E-state index in [4.69, 9.17) is 16.3 Å². The zero-order valence-corrected chi connectivity index (χ0v) is 15.1. The predicted molar refractivity (Wildman–Crippen MR) is 103 cm³/mol. The first-order valence-corrected chi connectivity index (χ1v) is 8.87. The monoisotopic (exact) mass is 373 g/mol. The molecule has 0 radical (unpaired) electrons. The van der Waals surface area contributed by atoms with Gasteiger partial charge in [-0.05, 0) is 30.2 Å². The fourth-order valence-corrected chi connectivity index (χ4v) is 3.44. The Hall–Kier alpha value is -2.31. The minimum Gasteiger partial charge on any atom is -0.497 e. The normalized spacial score (nSPS) is 18.7. The van der Waals surface area contributed by atoms with Crippen LogP contribution < -0.4 is 10.1 Å². The van der Waals surface area contributed by atoms with Crippen molar-refractivity contribution in [3.8, 4) is 5.75 Å². The summed E-state index contributed by atoms with van der Waals surface area (Å²) in [5.74, 6) is 0.732. The van der Waals surface area contributed by atoms with Crippen LogP contribution in [0.25, 0.3) is 0 Å². The number of benzene rings is 2. The molecule has 1 atom stereocenters. The highest BCUT2D eigenvalue weighted by molar-refractivity contribution is 8.15. The first kappa shape index (κ1) is 17.5. The van der Waals surface area contributed by atoms with Crippen LogP contribution >= 0.6 is 23.4 Å². The Kier molecular flexibility index (Phi) is 5.73. The molecule has 128 valence electrons. The van der Waals surface area contributed by atoms with Gasteiger partial charge in [0, 0.05) is 10.6 Å². The van der Waals surface area contributed by atoms with Gasteiger partial charge in [0.25, 0.3) is 0 Å². The van der Waals surface area contributed by atoms with E-state index in [1.165, 1.54) is 11.8 Å². The Morgan fingerprint density at radius 3 is 2.72 bits per heavy atom. The number of amidine groups is 1. The van der Waals surface area contributed by atoms with Gasteiger partial charge in [0.1, 0.15) is 5.75 Å². The van der Waals surface area contributed by atoms with E-state index in [0.29, 0.717) is 16.6 Å². The summed E-state index contributed by atoms with van der Waals surface area (Å²) in [6, 6.07) is 15.0. The maximum absolute atomic E-state index is 12.1. The SMILES string of the molecule is COc1ccc(CC2SC(=NN=Cc3ccccc3Cl)NC2=O)cc1. The number of carbonyl (C=O) groups is 1. The first-order valence-electron chi connectivity index (χ1n) is 7.61. The summed E-state index contributed by atoms with van der Waals surface area (Å²) >= 11 is 7.43. The fourth-order valence-electron chi connectivity index (χ4n) is 2.29. The maximum atomic E-state index is 12.1. The number of rotatable bonds is 5. The second-order valence-electron chi connectivity index (χ2n) is 5.32. The van der Waals surface area contributed by atoms with E-state index < -0.39 is 0 Å². The van der Waals surface area contributed by atoms with Gasteiger partial charge in [0.05, 0.1) is 18.6 Å². The Morgan fingerprint density at radius 1 is 1.24 bits per heavy atom. The number of ether oxygens (including phenoxy) is 1. The molecule has 0 aromatic heterocycles. The maximum Gasteiger partial charge on any atom is 0.239 e. The van der Waals surface area contributed by atoms with E-state index in [9.17, 15) is 4.79 Å². The number of methoxy groups -OCH3 is 1. The van der Waals surface area contributed by atoms with E-state index in [0.717, 1.165) is 16.9 Å². The number of hydrogen-bond donors (Lipinski definition) is 1. The van der Waals surface area contributed by atoms with Crippen molar-refractivity contribution in [1.29, 1.82) is 0 Å². The molecule has 1 unspecified atom stereocenters. The van der Waals surface area contributed by atoms with Crippen LogP contribution in [0.5, 0.6) is 5.75 Å². The lowest BCUT2D eigenvalue weighted by molar-refractivity contribution is -0.118. The summed E-state index contributed by atoms with van der Waals surface area (Å²) in [4.78, 5) is 12.1. The van der Waals surface area contributed by atoms with Gasteiger partial charge in [-0.15, -0.1) is 5.10 Å². The van der Waals surface area contributed by atoms with Gasteiger partial charge in [-0.1, -0.05) is 53.7 Å². The summed E-state index contributed by atoms with van der Waals surface area (Å²) in [6.45, 7) is 0. The fraction of sp³-hybridized carbons (Fsp3) is 0.167. The van der Waals surface area contributed by atoms with Crippen LogP contribution in [0.4, 0.5) is 0 Å². The minimum absolute atomic E-state index is 0.0625. The number of amides is 1. The highest BCUT2D eigenvalue weighted by Gasteiger charge is 2.30.